The van der Waals surface area contributed by atoms with E-state index in [1.165, 1.54) is 38.5 Å². The Hall–Kier alpha value is -0.610. The van der Waals surface area contributed by atoms with Gasteiger partial charge in [0.1, 0.15) is 0 Å². The van der Waals surface area contributed by atoms with Gasteiger partial charge in [0.05, 0.1) is 18.6 Å². The molecule has 1 saturated heterocycles. The van der Waals surface area contributed by atoms with E-state index in [0.717, 1.165) is 31.9 Å². The highest BCUT2D eigenvalue weighted by Gasteiger charge is 2.35. The van der Waals surface area contributed by atoms with Gasteiger partial charge in [-0.25, -0.2) is 5.01 Å². The van der Waals surface area contributed by atoms with E-state index >= 15 is 0 Å². The molecule has 1 N–H and O–H groups in total. The first-order valence-electron chi connectivity index (χ1n) is 13.4. The lowest BCUT2D eigenvalue weighted by molar-refractivity contribution is -0.124. The van der Waals surface area contributed by atoms with Crippen molar-refractivity contribution in [1.82, 2.24) is 10.4 Å². The molecule has 0 aromatic heterocycles. The van der Waals surface area contributed by atoms with Crippen molar-refractivity contribution in [2.45, 2.75) is 126 Å². The normalized spacial score (nSPS) is 28.4. The van der Waals surface area contributed by atoms with Crippen molar-refractivity contribution >= 4 is 5.91 Å². The Bertz CT molecular complexity index is 577. The molecule has 6 atom stereocenters. The van der Waals surface area contributed by atoms with Gasteiger partial charge in [0.2, 0.25) is 5.91 Å². The minimum atomic E-state index is 0.106. The van der Waals surface area contributed by atoms with Crippen molar-refractivity contribution in [3.8, 4) is 0 Å². The summed E-state index contributed by atoms with van der Waals surface area (Å²) in [5, 5.41) is 2.19. The van der Waals surface area contributed by atoms with E-state index in [1.807, 2.05) is 6.92 Å². The van der Waals surface area contributed by atoms with Crippen molar-refractivity contribution in [2.24, 2.45) is 34.5 Å². The van der Waals surface area contributed by atoms with Gasteiger partial charge >= 0.3 is 0 Å². The first-order chi connectivity index (χ1) is 14.7. The molecule has 0 aromatic carbocycles. The van der Waals surface area contributed by atoms with Crippen molar-refractivity contribution in [1.29, 1.82) is 0 Å². The van der Waals surface area contributed by atoms with E-state index < -0.39 is 0 Å². The van der Waals surface area contributed by atoms with E-state index in [9.17, 15) is 4.79 Å². The molecule has 1 aliphatic carbocycles. The van der Waals surface area contributed by atoms with Gasteiger partial charge in [-0.3, -0.25) is 10.2 Å². The fourth-order valence-corrected chi connectivity index (χ4v) is 6.04. The van der Waals surface area contributed by atoms with Crippen LogP contribution in [-0.2, 0) is 9.53 Å². The third-order valence-electron chi connectivity index (χ3n) is 7.49. The summed E-state index contributed by atoms with van der Waals surface area (Å²) in [5.74, 6) is 2.35. The standard InChI is InChI=1S/C28H54N2O2/c1-20(16-27(4,5)6)13-14-23(21(2)17-28(7,8)9)19-32-25-12-10-11-24(15-25)30-18-22(3)26(31)29-30/h20-25H,10-19H2,1-9H3,(H,29,31). The van der Waals surface area contributed by atoms with Crippen LogP contribution >= 0.6 is 0 Å². The average molecular weight is 451 g/mol. The van der Waals surface area contributed by atoms with Crippen molar-refractivity contribution in [3.63, 3.8) is 0 Å². The topological polar surface area (TPSA) is 41.6 Å². The van der Waals surface area contributed by atoms with Crippen molar-refractivity contribution in [2.75, 3.05) is 13.2 Å². The predicted molar refractivity (Wildman–Crippen MR) is 135 cm³/mol. The number of carbonyl (C=O) groups excluding carboxylic acids is 1. The molecule has 1 amide bonds. The summed E-state index contributed by atoms with van der Waals surface area (Å²) >= 11 is 0. The maximum absolute atomic E-state index is 11.9. The van der Waals surface area contributed by atoms with Gasteiger partial charge in [0.25, 0.3) is 0 Å². The fraction of sp³-hybridized carbons (Fsp3) is 0.964. The number of nitrogens with one attached hydrogen (secondary N) is 1. The molecule has 4 nitrogen and oxygen atoms in total. The van der Waals surface area contributed by atoms with Crippen LogP contribution in [0, 0.1) is 34.5 Å². The second-order valence-electron chi connectivity index (χ2n) is 13.8. The SMILES string of the molecule is CC(CCC(COC1CCCC(N2CC(C)C(=O)N2)C1)C(C)CC(C)(C)C)CC(C)(C)C. The maximum atomic E-state index is 11.9. The molecule has 2 aliphatic rings. The number of carbonyl (C=O) groups is 1. The Balaban J connectivity index is 1.90. The molecule has 4 heteroatoms. The Morgan fingerprint density at radius 1 is 1.03 bits per heavy atom. The van der Waals surface area contributed by atoms with Crippen LogP contribution in [0.2, 0.25) is 0 Å². The summed E-state index contributed by atoms with van der Waals surface area (Å²) in [7, 11) is 0. The van der Waals surface area contributed by atoms with Crippen LogP contribution in [0.3, 0.4) is 0 Å². The minimum Gasteiger partial charge on any atom is -0.378 e. The second-order valence-corrected chi connectivity index (χ2v) is 13.8. The van der Waals surface area contributed by atoms with Gasteiger partial charge in [-0.15, -0.1) is 0 Å². The number of hydrazine groups is 1. The molecule has 0 spiro atoms. The van der Waals surface area contributed by atoms with E-state index in [4.69, 9.17) is 4.74 Å². The van der Waals surface area contributed by atoms with Gasteiger partial charge in [0, 0.05) is 12.6 Å². The molecule has 0 aromatic rings. The number of hydrogen-bond acceptors (Lipinski definition) is 3. The lowest BCUT2D eigenvalue weighted by Crippen LogP contribution is -2.45. The second kappa shape index (κ2) is 11.7. The Morgan fingerprint density at radius 2 is 1.69 bits per heavy atom. The third-order valence-corrected chi connectivity index (χ3v) is 7.49. The molecule has 1 saturated carbocycles. The zero-order valence-corrected chi connectivity index (χ0v) is 22.8. The maximum Gasteiger partial charge on any atom is 0.238 e. The first kappa shape index (κ1) is 27.6. The third kappa shape index (κ3) is 9.71. The first-order valence-corrected chi connectivity index (χ1v) is 13.4. The highest BCUT2D eigenvalue weighted by Crippen LogP contribution is 2.35. The van der Waals surface area contributed by atoms with Gasteiger partial charge in [-0.1, -0.05) is 68.7 Å². The predicted octanol–water partition coefficient (Wildman–Crippen LogP) is 6.84. The van der Waals surface area contributed by atoms with Crippen LogP contribution in [0.5, 0.6) is 0 Å². The summed E-state index contributed by atoms with van der Waals surface area (Å²) < 4.78 is 6.62. The summed E-state index contributed by atoms with van der Waals surface area (Å²) in [6.07, 6.45) is 10.0. The van der Waals surface area contributed by atoms with Crippen LogP contribution in [0.4, 0.5) is 0 Å². The molecule has 32 heavy (non-hydrogen) atoms. The van der Waals surface area contributed by atoms with Crippen molar-refractivity contribution in [3.05, 3.63) is 0 Å². The van der Waals surface area contributed by atoms with E-state index in [0.29, 0.717) is 34.8 Å². The molecule has 0 radical (unpaired) electrons. The van der Waals surface area contributed by atoms with Crippen LogP contribution in [-0.4, -0.2) is 36.2 Å². The molecular formula is C28H54N2O2. The van der Waals surface area contributed by atoms with E-state index in [2.05, 4.69) is 65.8 Å². The molecule has 2 rings (SSSR count). The molecule has 1 heterocycles. The van der Waals surface area contributed by atoms with Crippen LogP contribution in [0.25, 0.3) is 0 Å². The minimum absolute atomic E-state index is 0.106. The zero-order chi connectivity index (χ0) is 24.1. The Kier molecular flexibility index (Phi) is 10.1. The number of rotatable bonds is 10. The number of amides is 1. The monoisotopic (exact) mass is 450 g/mol. The van der Waals surface area contributed by atoms with Crippen LogP contribution in [0.1, 0.15) is 114 Å². The summed E-state index contributed by atoms with van der Waals surface area (Å²) in [5.41, 5.74) is 3.85. The Labute approximate surface area is 199 Å². The lowest BCUT2D eigenvalue weighted by atomic mass is 9.76. The molecule has 188 valence electrons. The molecular weight excluding hydrogens is 396 g/mol. The average Bonchev–Trinajstić information content (AvgIpc) is 2.98. The zero-order valence-electron chi connectivity index (χ0n) is 22.8. The number of ether oxygens (including phenoxy) is 1. The number of hydrogen-bond donors (Lipinski definition) is 1. The van der Waals surface area contributed by atoms with E-state index in [-0.39, 0.29) is 11.8 Å². The summed E-state index contributed by atoms with van der Waals surface area (Å²) in [4.78, 5) is 11.9. The summed E-state index contributed by atoms with van der Waals surface area (Å²) in [6.45, 7) is 22.8. The largest absolute Gasteiger partial charge is 0.378 e. The van der Waals surface area contributed by atoms with Gasteiger partial charge < -0.3 is 4.74 Å². The summed E-state index contributed by atoms with van der Waals surface area (Å²) in [6, 6.07) is 0.430. The van der Waals surface area contributed by atoms with Crippen LogP contribution in [0.15, 0.2) is 0 Å². The fourth-order valence-electron chi connectivity index (χ4n) is 6.04. The quantitative estimate of drug-likeness (QED) is 0.396. The molecule has 6 unspecified atom stereocenters. The molecule has 2 fully saturated rings. The van der Waals surface area contributed by atoms with Crippen LogP contribution < -0.4 is 5.43 Å². The Morgan fingerprint density at radius 3 is 2.25 bits per heavy atom. The number of nitrogens with zero attached hydrogens (tertiary/aromatic N) is 1. The smallest absolute Gasteiger partial charge is 0.238 e. The highest BCUT2D eigenvalue weighted by molar-refractivity contribution is 5.79. The molecule has 0 bridgehead atoms. The van der Waals surface area contributed by atoms with Crippen molar-refractivity contribution < 1.29 is 9.53 Å². The van der Waals surface area contributed by atoms with Gasteiger partial charge in [0.15, 0.2) is 0 Å². The molecule has 1 aliphatic heterocycles. The van der Waals surface area contributed by atoms with Gasteiger partial charge in [-0.05, 0) is 73.5 Å². The highest BCUT2D eigenvalue weighted by atomic mass is 16.5. The lowest BCUT2D eigenvalue weighted by Gasteiger charge is -2.36. The van der Waals surface area contributed by atoms with Gasteiger partial charge in [-0.2, -0.15) is 0 Å². The van der Waals surface area contributed by atoms with E-state index in [1.54, 1.807) is 0 Å².